The average Bonchev–Trinajstić information content (AvgIpc) is 2.93. The molecule has 0 aliphatic heterocycles. The van der Waals surface area contributed by atoms with Gasteiger partial charge in [0.05, 0.1) is 16.9 Å². The van der Waals surface area contributed by atoms with Gasteiger partial charge in [0, 0.05) is 5.57 Å². The van der Waals surface area contributed by atoms with Gasteiger partial charge in [-0.2, -0.15) is 0 Å². The Labute approximate surface area is 214 Å². The lowest BCUT2D eigenvalue weighted by Crippen LogP contribution is -1.88. The lowest BCUT2D eigenvalue weighted by molar-refractivity contribution is 1.49. The van der Waals surface area contributed by atoms with Gasteiger partial charge in [-0.25, -0.2) is 9.98 Å². The van der Waals surface area contributed by atoms with E-state index < -0.39 is 0 Å². The molecule has 0 heterocycles. The van der Waals surface area contributed by atoms with Crippen molar-refractivity contribution in [2.24, 2.45) is 9.98 Å². The number of hydrogen-bond donors (Lipinski definition) is 0. The molecular weight excluding hydrogens is 436 g/mol. The Kier molecular flexibility index (Phi) is 10.2. The van der Waals surface area contributed by atoms with Gasteiger partial charge >= 0.3 is 0 Å². The SMILES string of the molecule is C=C/C=C\C=C\C(=C=Nc1ccc(N=C=C(c2ccccc2)c2ccccc2)cc1)C(=C)/C=C\C=C. The Hall–Kier alpha value is -5.00. The summed E-state index contributed by atoms with van der Waals surface area (Å²) >= 11 is 0. The molecule has 0 radical (unpaired) electrons. The highest BCUT2D eigenvalue weighted by Crippen LogP contribution is 2.22. The fourth-order valence-electron chi connectivity index (χ4n) is 3.14. The van der Waals surface area contributed by atoms with Crippen LogP contribution in [0, 0.1) is 0 Å². The number of aliphatic imine (C=N–C) groups is 2. The van der Waals surface area contributed by atoms with Gasteiger partial charge in [-0.1, -0.05) is 123 Å². The normalized spacial score (nSPS) is 10.6. The number of nitrogens with zero attached hydrogens (tertiary/aromatic N) is 2. The van der Waals surface area contributed by atoms with Crippen molar-refractivity contribution in [1.29, 1.82) is 0 Å². The van der Waals surface area contributed by atoms with E-state index in [-0.39, 0.29) is 0 Å². The first-order chi connectivity index (χ1) is 17.7. The van der Waals surface area contributed by atoms with Crippen molar-refractivity contribution in [2.75, 3.05) is 0 Å². The molecule has 0 N–H and O–H groups in total. The largest absolute Gasteiger partial charge is 0.206 e. The Bertz CT molecular complexity index is 1360. The monoisotopic (exact) mass is 464 g/mol. The smallest absolute Gasteiger partial charge is 0.0731 e. The molecule has 3 aromatic rings. The third kappa shape index (κ3) is 8.09. The fraction of sp³-hybridized carbons (Fsp3) is 0. The van der Waals surface area contributed by atoms with Crippen LogP contribution in [0.15, 0.2) is 174 Å². The molecular formula is C34H28N2. The Morgan fingerprint density at radius 3 is 1.64 bits per heavy atom. The maximum Gasteiger partial charge on any atom is 0.0731 e. The Balaban J connectivity index is 1.91. The van der Waals surface area contributed by atoms with Gasteiger partial charge < -0.3 is 0 Å². The van der Waals surface area contributed by atoms with Crippen LogP contribution in [0.2, 0.25) is 0 Å². The van der Waals surface area contributed by atoms with E-state index in [9.17, 15) is 0 Å². The molecule has 0 amide bonds. The molecule has 174 valence electrons. The molecule has 2 nitrogen and oxygen atoms in total. The van der Waals surface area contributed by atoms with Crippen LogP contribution in [0.25, 0.3) is 5.57 Å². The van der Waals surface area contributed by atoms with Crippen molar-refractivity contribution in [2.45, 2.75) is 0 Å². The van der Waals surface area contributed by atoms with Crippen LogP contribution in [0.3, 0.4) is 0 Å². The standard InChI is InChI=1S/C34H28N2/c1-4-6-8-11-21-31(28(3)16-7-5-2)26-35-32-22-24-33(25-23-32)36-27-34(29-17-12-9-13-18-29)30-19-14-10-15-20-30/h4-25H,1-3H2/b8-6-,16-7-,21-11+. The van der Waals surface area contributed by atoms with Gasteiger partial charge in [-0.15, -0.1) is 0 Å². The Morgan fingerprint density at radius 2 is 1.11 bits per heavy atom. The molecule has 0 bridgehead atoms. The van der Waals surface area contributed by atoms with E-state index in [1.807, 2.05) is 97.1 Å². The summed E-state index contributed by atoms with van der Waals surface area (Å²) in [5, 5.41) is 0. The first-order valence-electron chi connectivity index (χ1n) is 11.5. The first-order valence-corrected chi connectivity index (χ1v) is 11.5. The zero-order valence-electron chi connectivity index (χ0n) is 20.2. The molecule has 0 aromatic heterocycles. The summed E-state index contributed by atoms with van der Waals surface area (Å²) in [4.78, 5) is 9.10. The summed E-state index contributed by atoms with van der Waals surface area (Å²) in [5.41, 5.74) is 6.16. The van der Waals surface area contributed by atoms with Crippen molar-refractivity contribution in [3.05, 3.63) is 176 Å². The second kappa shape index (κ2) is 14.3. The Morgan fingerprint density at radius 1 is 0.583 bits per heavy atom. The quantitative estimate of drug-likeness (QED) is 0.211. The minimum atomic E-state index is 0.761. The summed E-state index contributed by atoms with van der Waals surface area (Å²) < 4.78 is 0. The molecule has 0 saturated heterocycles. The number of hydrogen-bond acceptors (Lipinski definition) is 2. The van der Waals surface area contributed by atoms with Crippen molar-refractivity contribution in [1.82, 2.24) is 0 Å². The lowest BCUT2D eigenvalue weighted by Gasteiger charge is -2.04. The first kappa shape index (κ1) is 25.6. The molecule has 0 saturated carbocycles. The zero-order chi connectivity index (χ0) is 25.4. The molecule has 36 heavy (non-hydrogen) atoms. The summed E-state index contributed by atoms with van der Waals surface area (Å²) in [5.74, 6) is 6.34. The van der Waals surface area contributed by atoms with Gasteiger partial charge in [0.15, 0.2) is 0 Å². The van der Waals surface area contributed by atoms with Crippen LogP contribution < -0.4 is 0 Å². The van der Waals surface area contributed by atoms with Crippen LogP contribution in [0.4, 0.5) is 11.4 Å². The topological polar surface area (TPSA) is 24.7 Å². The van der Waals surface area contributed by atoms with Crippen molar-refractivity contribution >= 4 is 28.7 Å². The molecule has 0 unspecified atom stereocenters. The van der Waals surface area contributed by atoms with E-state index in [0.29, 0.717) is 0 Å². The van der Waals surface area contributed by atoms with Crippen LogP contribution in [0.1, 0.15) is 11.1 Å². The summed E-state index contributed by atoms with van der Waals surface area (Å²) in [6.45, 7) is 11.5. The molecule has 0 aliphatic rings. The van der Waals surface area contributed by atoms with Crippen LogP contribution in [-0.2, 0) is 0 Å². The van der Waals surface area contributed by atoms with Gasteiger partial charge in [0.25, 0.3) is 0 Å². The molecule has 3 aromatic carbocycles. The van der Waals surface area contributed by atoms with Crippen LogP contribution in [-0.4, -0.2) is 11.7 Å². The number of allylic oxidation sites excluding steroid dienone is 10. The predicted octanol–water partition coefficient (Wildman–Crippen LogP) is 8.94. The highest BCUT2D eigenvalue weighted by atomic mass is 14.7. The minimum absolute atomic E-state index is 0.761. The highest BCUT2D eigenvalue weighted by Gasteiger charge is 2.03. The van der Waals surface area contributed by atoms with E-state index >= 15 is 0 Å². The van der Waals surface area contributed by atoms with Crippen LogP contribution in [0.5, 0.6) is 0 Å². The van der Waals surface area contributed by atoms with Crippen molar-refractivity contribution in [3.63, 3.8) is 0 Å². The molecule has 0 atom stereocenters. The number of benzene rings is 3. The lowest BCUT2D eigenvalue weighted by atomic mass is 9.99. The van der Waals surface area contributed by atoms with Gasteiger partial charge in [0.2, 0.25) is 0 Å². The van der Waals surface area contributed by atoms with E-state index in [2.05, 4.69) is 65.7 Å². The van der Waals surface area contributed by atoms with E-state index in [1.54, 1.807) is 12.2 Å². The van der Waals surface area contributed by atoms with Crippen molar-refractivity contribution in [3.8, 4) is 0 Å². The maximum atomic E-state index is 4.60. The zero-order valence-corrected chi connectivity index (χ0v) is 20.2. The molecule has 0 spiro atoms. The second-order valence-electron chi connectivity index (χ2n) is 7.58. The third-order valence-corrected chi connectivity index (χ3v) is 4.98. The highest BCUT2D eigenvalue weighted by molar-refractivity contribution is 5.99. The minimum Gasteiger partial charge on any atom is -0.206 e. The van der Waals surface area contributed by atoms with E-state index in [4.69, 9.17) is 0 Å². The summed E-state index contributed by atoms with van der Waals surface area (Å²) in [7, 11) is 0. The average molecular weight is 465 g/mol. The summed E-state index contributed by atoms with van der Waals surface area (Å²) in [6, 6.07) is 27.9. The fourth-order valence-corrected chi connectivity index (χ4v) is 3.14. The maximum absolute atomic E-state index is 4.60. The molecule has 2 heteroatoms. The van der Waals surface area contributed by atoms with Crippen LogP contribution >= 0.6 is 0 Å². The molecule has 0 aliphatic carbocycles. The molecule has 3 rings (SSSR count). The van der Waals surface area contributed by atoms with Gasteiger partial charge in [-0.3, -0.25) is 0 Å². The molecule has 0 fully saturated rings. The third-order valence-electron chi connectivity index (χ3n) is 4.98. The van der Waals surface area contributed by atoms with Crippen molar-refractivity contribution < 1.29 is 0 Å². The van der Waals surface area contributed by atoms with Gasteiger partial charge in [-0.05, 0) is 58.8 Å². The van der Waals surface area contributed by atoms with E-state index in [1.165, 1.54) is 0 Å². The van der Waals surface area contributed by atoms with E-state index in [0.717, 1.165) is 39.2 Å². The number of rotatable bonds is 10. The second-order valence-corrected chi connectivity index (χ2v) is 7.58. The predicted molar refractivity (Wildman–Crippen MR) is 156 cm³/mol. The summed E-state index contributed by atoms with van der Waals surface area (Å²) in [6.07, 6.45) is 14.7. The van der Waals surface area contributed by atoms with Gasteiger partial charge in [0.1, 0.15) is 0 Å².